The summed E-state index contributed by atoms with van der Waals surface area (Å²) >= 11 is 0. The number of halogens is 3. The molecule has 0 aliphatic heterocycles. The van der Waals surface area contributed by atoms with Gasteiger partial charge in [-0.2, -0.15) is 13.2 Å². The molecule has 0 radical (unpaired) electrons. The van der Waals surface area contributed by atoms with Gasteiger partial charge in [-0.25, -0.2) is 4.98 Å². The zero-order valence-electron chi connectivity index (χ0n) is 11.9. The molecule has 0 unspecified atom stereocenters. The van der Waals surface area contributed by atoms with E-state index in [0.29, 0.717) is 11.9 Å². The van der Waals surface area contributed by atoms with Crippen molar-refractivity contribution in [2.45, 2.75) is 26.9 Å². The molecule has 21 heavy (non-hydrogen) atoms. The molecule has 0 fully saturated rings. The molecule has 1 aromatic heterocycles. The van der Waals surface area contributed by atoms with Gasteiger partial charge < -0.3 is 10.5 Å². The van der Waals surface area contributed by atoms with E-state index < -0.39 is 11.7 Å². The summed E-state index contributed by atoms with van der Waals surface area (Å²) in [7, 11) is 0. The van der Waals surface area contributed by atoms with Gasteiger partial charge in [-0.05, 0) is 43.5 Å². The van der Waals surface area contributed by atoms with Crippen LogP contribution in [0.25, 0.3) is 0 Å². The van der Waals surface area contributed by atoms with E-state index in [1.54, 1.807) is 0 Å². The molecule has 6 heteroatoms. The smallest absolute Gasteiger partial charge is 0.418 e. The number of rotatable bonds is 2. The van der Waals surface area contributed by atoms with Gasteiger partial charge in [-0.15, -0.1) is 0 Å². The van der Waals surface area contributed by atoms with Gasteiger partial charge in [0.25, 0.3) is 0 Å². The molecular formula is C15H15F3N2O. The van der Waals surface area contributed by atoms with E-state index >= 15 is 0 Å². The highest BCUT2D eigenvalue weighted by molar-refractivity contribution is 5.53. The SMILES string of the molecule is Cc1ccc(C)c(Oc2cc(C(F)(F)F)cnc2N)c1C. The second-order valence-corrected chi connectivity index (χ2v) is 4.86. The van der Waals surface area contributed by atoms with Crippen LogP contribution in [0.5, 0.6) is 11.5 Å². The molecule has 0 aliphatic rings. The molecule has 0 saturated carbocycles. The Morgan fingerprint density at radius 3 is 2.33 bits per heavy atom. The number of benzene rings is 1. The average Bonchev–Trinajstić information content (AvgIpc) is 2.40. The van der Waals surface area contributed by atoms with E-state index in [9.17, 15) is 13.2 Å². The topological polar surface area (TPSA) is 48.1 Å². The number of anilines is 1. The summed E-state index contributed by atoms with van der Waals surface area (Å²) in [4.78, 5) is 3.56. The minimum absolute atomic E-state index is 0.0803. The van der Waals surface area contributed by atoms with E-state index in [-0.39, 0.29) is 11.6 Å². The van der Waals surface area contributed by atoms with Crippen molar-refractivity contribution in [3.05, 3.63) is 46.6 Å². The summed E-state index contributed by atoms with van der Waals surface area (Å²) in [5.74, 6) is 0.327. The Kier molecular flexibility index (Phi) is 3.80. The highest BCUT2D eigenvalue weighted by Gasteiger charge is 2.32. The maximum Gasteiger partial charge on any atom is 0.418 e. The monoisotopic (exact) mass is 296 g/mol. The molecule has 0 bridgehead atoms. The largest absolute Gasteiger partial charge is 0.453 e. The zero-order chi connectivity index (χ0) is 15.8. The van der Waals surface area contributed by atoms with Crippen molar-refractivity contribution in [2.24, 2.45) is 0 Å². The van der Waals surface area contributed by atoms with Crippen molar-refractivity contribution >= 4 is 5.82 Å². The van der Waals surface area contributed by atoms with Gasteiger partial charge in [0, 0.05) is 6.20 Å². The molecule has 2 rings (SSSR count). The Bertz CT molecular complexity index is 681. The minimum atomic E-state index is -4.49. The Labute approximate surface area is 120 Å². The second-order valence-electron chi connectivity index (χ2n) is 4.86. The summed E-state index contributed by atoms with van der Waals surface area (Å²) in [5, 5.41) is 0. The second kappa shape index (κ2) is 5.27. The Morgan fingerprint density at radius 2 is 1.71 bits per heavy atom. The Morgan fingerprint density at radius 1 is 1.10 bits per heavy atom. The number of alkyl halides is 3. The first-order valence-electron chi connectivity index (χ1n) is 6.27. The third-order valence-corrected chi connectivity index (χ3v) is 3.29. The lowest BCUT2D eigenvalue weighted by atomic mass is 10.1. The quantitative estimate of drug-likeness (QED) is 0.893. The third-order valence-electron chi connectivity index (χ3n) is 3.29. The van der Waals surface area contributed by atoms with Crippen LogP contribution in [0.2, 0.25) is 0 Å². The van der Waals surface area contributed by atoms with Gasteiger partial charge in [0.05, 0.1) is 5.56 Å². The number of pyridine rings is 1. The maximum atomic E-state index is 12.7. The first-order valence-corrected chi connectivity index (χ1v) is 6.27. The molecule has 0 aliphatic carbocycles. The van der Waals surface area contributed by atoms with E-state index in [1.165, 1.54) is 0 Å². The fourth-order valence-electron chi connectivity index (χ4n) is 1.88. The van der Waals surface area contributed by atoms with Crippen LogP contribution in [0.4, 0.5) is 19.0 Å². The molecule has 0 atom stereocenters. The lowest BCUT2D eigenvalue weighted by Crippen LogP contribution is -2.07. The third kappa shape index (κ3) is 3.09. The molecule has 0 amide bonds. The number of nitrogens with zero attached hydrogens (tertiary/aromatic N) is 1. The van der Waals surface area contributed by atoms with Crippen molar-refractivity contribution in [3.8, 4) is 11.5 Å². The van der Waals surface area contributed by atoms with E-state index in [0.717, 1.165) is 22.8 Å². The maximum absolute atomic E-state index is 12.7. The molecule has 3 nitrogen and oxygen atoms in total. The molecule has 0 saturated heterocycles. The van der Waals surface area contributed by atoms with Gasteiger partial charge in [0.2, 0.25) is 0 Å². The lowest BCUT2D eigenvalue weighted by Gasteiger charge is -2.16. The van der Waals surface area contributed by atoms with Crippen LogP contribution in [0.1, 0.15) is 22.3 Å². The lowest BCUT2D eigenvalue weighted by molar-refractivity contribution is -0.137. The predicted octanol–water partition coefficient (Wildman–Crippen LogP) is 4.40. The molecule has 0 spiro atoms. The minimum Gasteiger partial charge on any atom is -0.453 e. The molecule has 2 aromatic rings. The number of nitrogens with two attached hydrogens (primary N) is 1. The van der Waals surface area contributed by atoms with Crippen LogP contribution >= 0.6 is 0 Å². The van der Waals surface area contributed by atoms with Crippen molar-refractivity contribution in [1.29, 1.82) is 0 Å². The van der Waals surface area contributed by atoms with Crippen LogP contribution in [0, 0.1) is 20.8 Å². The van der Waals surface area contributed by atoms with Crippen LogP contribution in [-0.2, 0) is 6.18 Å². The fraction of sp³-hybridized carbons (Fsp3) is 0.267. The first-order chi connectivity index (χ1) is 9.70. The molecule has 112 valence electrons. The van der Waals surface area contributed by atoms with E-state index in [2.05, 4.69) is 4.98 Å². The standard InChI is InChI=1S/C15H15F3N2O/c1-8-4-5-9(2)13(10(8)3)21-12-6-11(15(16,17)18)7-20-14(12)19/h4-7H,1-3H3,(H2,19,20). The summed E-state index contributed by atoms with van der Waals surface area (Å²) in [6, 6.07) is 4.63. The summed E-state index contributed by atoms with van der Waals surface area (Å²) in [5.41, 5.74) is 7.37. The normalized spacial score (nSPS) is 11.5. The number of aryl methyl sites for hydroxylation is 2. The summed E-state index contributed by atoms with van der Waals surface area (Å²) in [6.07, 6.45) is -3.80. The Hall–Kier alpha value is -2.24. The van der Waals surface area contributed by atoms with Gasteiger partial charge in [0.1, 0.15) is 5.75 Å². The average molecular weight is 296 g/mol. The predicted molar refractivity (Wildman–Crippen MR) is 74.4 cm³/mol. The van der Waals surface area contributed by atoms with Gasteiger partial charge in [0.15, 0.2) is 11.6 Å². The van der Waals surface area contributed by atoms with Gasteiger partial charge in [-0.3, -0.25) is 0 Å². The highest BCUT2D eigenvalue weighted by atomic mass is 19.4. The first kappa shape index (κ1) is 15.2. The van der Waals surface area contributed by atoms with Gasteiger partial charge in [-0.1, -0.05) is 12.1 Å². The van der Waals surface area contributed by atoms with Crippen LogP contribution in [0.3, 0.4) is 0 Å². The number of hydrogen-bond acceptors (Lipinski definition) is 3. The molecular weight excluding hydrogens is 281 g/mol. The Balaban J connectivity index is 2.47. The number of aromatic nitrogens is 1. The molecule has 1 heterocycles. The van der Waals surface area contributed by atoms with Crippen molar-refractivity contribution in [3.63, 3.8) is 0 Å². The van der Waals surface area contributed by atoms with Crippen LogP contribution in [0.15, 0.2) is 24.4 Å². The highest BCUT2D eigenvalue weighted by Crippen LogP contribution is 2.36. The fourth-order valence-corrected chi connectivity index (χ4v) is 1.88. The zero-order valence-corrected chi connectivity index (χ0v) is 11.9. The van der Waals surface area contributed by atoms with Gasteiger partial charge >= 0.3 is 6.18 Å². The summed E-state index contributed by atoms with van der Waals surface area (Å²) in [6.45, 7) is 5.56. The molecule has 2 N–H and O–H groups in total. The number of nitrogen functional groups attached to an aromatic ring is 1. The van der Waals surface area contributed by atoms with E-state index in [1.807, 2.05) is 32.9 Å². The summed E-state index contributed by atoms with van der Waals surface area (Å²) < 4.78 is 43.8. The van der Waals surface area contributed by atoms with E-state index in [4.69, 9.17) is 10.5 Å². The van der Waals surface area contributed by atoms with Crippen LogP contribution < -0.4 is 10.5 Å². The number of hydrogen-bond donors (Lipinski definition) is 1. The van der Waals surface area contributed by atoms with Crippen molar-refractivity contribution < 1.29 is 17.9 Å². The van der Waals surface area contributed by atoms with Crippen LogP contribution in [-0.4, -0.2) is 4.98 Å². The molecule has 1 aromatic carbocycles. The van der Waals surface area contributed by atoms with Crippen molar-refractivity contribution in [1.82, 2.24) is 4.98 Å². The van der Waals surface area contributed by atoms with Crippen molar-refractivity contribution in [2.75, 3.05) is 5.73 Å². The number of ether oxygens (including phenoxy) is 1.